The lowest BCUT2D eigenvalue weighted by Crippen LogP contribution is -2.33. The van der Waals surface area contributed by atoms with Crippen LogP contribution >= 0.6 is 0 Å². The first-order chi connectivity index (χ1) is 47.2. The Labute approximate surface area is 566 Å². The summed E-state index contributed by atoms with van der Waals surface area (Å²) in [6.07, 6.45) is -4.61. The Morgan fingerprint density at radius 3 is 0.909 bits per heavy atom. The number of aliphatic hydroxyl groups excluding tert-OH is 3. The number of halogens is 6. The summed E-state index contributed by atoms with van der Waals surface area (Å²) in [4.78, 5) is 95.4. The van der Waals surface area contributed by atoms with E-state index in [-0.39, 0.29) is 88.8 Å². The van der Waals surface area contributed by atoms with E-state index in [0.29, 0.717) is 94.3 Å². The van der Waals surface area contributed by atoms with Crippen LogP contribution in [0.1, 0.15) is 143 Å². The van der Waals surface area contributed by atoms with E-state index >= 15 is 0 Å². The molecule has 0 radical (unpaired) electrons. The summed E-state index contributed by atoms with van der Waals surface area (Å²) in [5.41, 5.74) is 4.23. The van der Waals surface area contributed by atoms with Crippen LogP contribution in [0.25, 0.3) is 33.1 Å². The summed E-state index contributed by atoms with van der Waals surface area (Å²) in [5.74, 6) is -0.764. The van der Waals surface area contributed by atoms with E-state index in [9.17, 15) is 70.4 Å². The Morgan fingerprint density at radius 2 is 0.687 bits per heavy atom. The molecule has 0 saturated carbocycles. The lowest BCUT2D eigenvalue weighted by atomic mass is 9.81. The summed E-state index contributed by atoms with van der Waals surface area (Å²) >= 11 is 0. The van der Waals surface area contributed by atoms with Gasteiger partial charge in [-0.2, -0.15) is 0 Å². The van der Waals surface area contributed by atoms with Gasteiger partial charge in [0.25, 0.3) is 37.0 Å². The van der Waals surface area contributed by atoms with E-state index in [1.807, 2.05) is 75.4 Å². The van der Waals surface area contributed by atoms with E-state index in [0.717, 1.165) is 51.4 Å². The van der Waals surface area contributed by atoms with E-state index in [1.54, 1.807) is 49.5 Å². The zero-order chi connectivity index (χ0) is 71.3. The first-order valence-corrected chi connectivity index (χ1v) is 32.4. The van der Waals surface area contributed by atoms with Crippen molar-refractivity contribution >= 4 is 86.4 Å². The Balaban J connectivity index is 0.000000161. The van der Waals surface area contributed by atoms with Crippen LogP contribution in [0.5, 0.6) is 0 Å². The number of imidazole rings is 3. The van der Waals surface area contributed by atoms with Crippen LogP contribution < -0.4 is 16.0 Å². The molecule has 3 aliphatic rings. The van der Waals surface area contributed by atoms with Gasteiger partial charge in [0.05, 0.1) is 49.3 Å². The molecule has 3 aromatic heterocycles. The van der Waals surface area contributed by atoms with Gasteiger partial charge >= 0.3 is 0 Å². The van der Waals surface area contributed by atoms with Gasteiger partial charge in [0, 0.05) is 114 Å². The first kappa shape index (κ1) is 71.8. The van der Waals surface area contributed by atoms with Crippen molar-refractivity contribution in [1.82, 2.24) is 43.4 Å². The quantitative estimate of drug-likeness (QED) is 0.0367. The second-order valence-electron chi connectivity index (χ2n) is 25.7. The highest BCUT2D eigenvalue weighted by Crippen LogP contribution is 2.40. The highest BCUT2D eigenvalue weighted by molar-refractivity contribution is 6.06. The molecule has 0 spiro atoms. The number of anilines is 3. The highest BCUT2D eigenvalue weighted by Gasteiger charge is 2.45. The first-order valence-electron chi connectivity index (χ1n) is 32.4. The normalized spacial score (nSPS) is 18.5. The van der Waals surface area contributed by atoms with Gasteiger partial charge in [0.15, 0.2) is 0 Å². The van der Waals surface area contributed by atoms with Crippen molar-refractivity contribution in [2.24, 2.45) is 0 Å². The number of hydrogen-bond donors (Lipinski definition) is 6. The number of carbonyl (C=O) groups excluding carboxylic acids is 6. The SMILES string of the molecule is CN1CCC(C)(c2ccc3c(c2)nc(NC(=O)c2cccc(C(F)F)c2)n3CCCO)C1=O.CN1CCC(C)(c2ccc3c(c2)nc(NC(=O)c2cccc(C(F)F)c2)n3CCCO)C1=O.CN1CCC(C)(c2ccc3c(c2)nc(NC(=O)c2cccc(C(F)F)c2)n3CCCO)C1=O. The molecule has 6 amide bonds. The topological polar surface area (TPSA) is 262 Å². The third kappa shape index (κ3) is 14.9. The van der Waals surface area contributed by atoms with Gasteiger partial charge in [-0.25, -0.2) is 41.3 Å². The number of aliphatic hydroxyl groups is 3. The number of amides is 6. The van der Waals surface area contributed by atoms with Crippen LogP contribution in [-0.4, -0.2) is 155 Å². The standard InChI is InChI=1S/3C24H26F2N4O3/c3*1-24(9-11-29(2)22(24)33)17-7-8-19-18(14-17)27-23(30(19)10-4-12-31)28-21(32)16-6-3-5-15(13-16)20(25)26/h3*3,5-8,13-14,20,31H,4,9-12H2,1-2H3,(H,27,28,32). The molecule has 3 saturated heterocycles. The number of nitrogens with zero attached hydrogens (tertiary/aromatic N) is 9. The lowest BCUT2D eigenvalue weighted by molar-refractivity contribution is -0.131. The number of aryl methyl sites for hydroxylation is 3. The second-order valence-corrected chi connectivity index (χ2v) is 25.7. The monoisotopic (exact) mass is 1370 g/mol. The molecule has 6 aromatic carbocycles. The maximum atomic E-state index is 13.0. The molecule has 3 aliphatic heterocycles. The van der Waals surface area contributed by atoms with Gasteiger partial charge in [-0.1, -0.05) is 54.6 Å². The number of hydrogen-bond acceptors (Lipinski definition) is 12. The van der Waals surface area contributed by atoms with E-state index in [4.69, 9.17) is 0 Å². The van der Waals surface area contributed by atoms with Crippen molar-refractivity contribution < 1.29 is 70.4 Å². The summed E-state index contributed by atoms with van der Waals surface area (Å²) in [6.45, 7) is 8.87. The smallest absolute Gasteiger partial charge is 0.263 e. The predicted octanol–water partition coefficient (Wildman–Crippen LogP) is 11.2. The molecule has 21 nitrogen and oxygen atoms in total. The van der Waals surface area contributed by atoms with Crippen LogP contribution in [0.2, 0.25) is 0 Å². The number of likely N-dealkylation sites (N-methyl/N-ethyl adjacent to an activating group) is 3. The van der Waals surface area contributed by atoms with Crippen molar-refractivity contribution in [2.75, 3.05) is 76.5 Å². The minimum absolute atomic E-state index is 0.0412. The number of aromatic nitrogens is 6. The zero-order valence-corrected chi connectivity index (χ0v) is 55.5. The summed E-state index contributed by atoms with van der Waals surface area (Å²) in [7, 11) is 5.35. The van der Waals surface area contributed by atoms with Crippen LogP contribution in [0.3, 0.4) is 0 Å². The fourth-order valence-corrected chi connectivity index (χ4v) is 12.9. The Kier molecular flexibility index (Phi) is 21.8. The van der Waals surface area contributed by atoms with Crippen LogP contribution in [0.15, 0.2) is 127 Å². The molecule has 0 aliphatic carbocycles. The minimum atomic E-state index is -2.68. The van der Waals surface area contributed by atoms with Gasteiger partial charge in [-0.15, -0.1) is 0 Å². The third-order valence-corrected chi connectivity index (χ3v) is 19.0. The fraction of sp³-hybridized carbons (Fsp3) is 0.375. The van der Waals surface area contributed by atoms with E-state index in [1.165, 1.54) is 54.6 Å². The molecule has 3 fully saturated rings. The second kappa shape index (κ2) is 30.0. The fourth-order valence-electron chi connectivity index (χ4n) is 12.9. The average molecular weight is 1370 g/mol. The number of likely N-dealkylation sites (tertiary alicyclic amines) is 3. The van der Waals surface area contributed by atoms with Crippen molar-refractivity contribution in [3.05, 3.63) is 177 Å². The molecule has 6 heterocycles. The number of rotatable bonds is 21. The predicted molar refractivity (Wildman–Crippen MR) is 361 cm³/mol. The molecule has 0 bridgehead atoms. The van der Waals surface area contributed by atoms with E-state index < -0.39 is 53.2 Å². The maximum absolute atomic E-state index is 13.0. The van der Waals surface area contributed by atoms with Gasteiger partial charge in [-0.05, 0) is 149 Å². The third-order valence-electron chi connectivity index (χ3n) is 19.0. The summed E-state index contributed by atoms with van der Waals surface area (Å²) in [6, 6.07) is 32.7. The molecule has 6 N–H and O–H groups in total. The molecule has 9 aromatic rings. The average Bonchev–Trinajstić information content (AvgIpc) is 1.63. The van der Waals surface area contributed by atoms with Crippen molar-refractivity contribution in [1.29, 1.82) is 0 Å². The summed E-state index contributed by atoms with van der Waals surface area (Å²) < 4.78 is 83.5. The van der Waals surface area contributed by atoms with E-state index in [2.05, 4.69) is 30.9 Å². The molecule has 522 valence electrons. The number of alkyl halides is 6. The van der Waals surface area contributed by atoms with Crippen molar-refractivity contribution in [3.63, 3.8) is 0 Å². The van der Waals surface area contributed by atoms with Crippen molar-refractivity contribution in [3.8, 4) is 0 Å². The number of benzene rings is 6. The lowest BCUT2D eigenvalue weighted by Gasteiger charge is -2.22. The molecular formula is C72H78F6N12O9. The maximum Gasteiger partial charge on any atom is 0.263 e. The number of nitrogens with one attached hydrogen (secondary N) is 3. The molecule has 3 unspecified atom stereocenters. The number of carbonyl (C=O) groups is 6. The molecule has 99 heavy (non-hydrogen) atoms. The minimum Gasteiger partial charge on any atom is -0.396 e. The Hall–Kier alpha value is -9.99. The summed E-state index contributed by atoms with van der Waals surface area (Å²) in [5, 5.41) is 36.1. The molecule has 27 heteroatoms. The number of fused-ring (bicyclic) bond motifs is 3. The Morgan fingerprint density at radius 1 is 0.424 bits per heavy atom. The van der Waals surface area contributed by atoms with Crippen LogP contribution in [-0.2, 0) is 50.3 Å². The Bertz CT molecular complexity index is 4070. The van der Waals surface area contributed by atoms with Gasteiger partial charge in [0.1, 0.15) is 0 Å². The zero-order valence-electron chi connectivity index (χ0n) is 55.5. The van der Waals surface area contributed by atoms with Gasteiger partial charge < -0.3 is 43.7 Å². The van der Waals surface area contributed by atoms with Crippen LogP contribution in [0, 0.1) is 0 Å². The largest absolute Gasteiger partial charge is 0.396 e. The van der Waals surface area contributed by atoms with Crippen molar-refractivity contribution in [2.45, 2.75) is 114 Å². The van der Waals surface area contributed by atoms with Gasteiger partial charge in [-0.3, -0.25) is 44.7 Å². The molecular weight excluding hydrogens is 1290 g/mol. The van der Waals surface area contributed by atoms with Crippen LogP contribution in [0.4, 0.5) is 44.2 Å². The van der Waals surface area contributed by atoms with Gasteiger partial charge in [0.2, 0.25) is 35.6 Å². The molecule has 3 atom stereocenters. The highest BCUT2D eigenvalue weighted by atomic mass is 19.3. The molecule has 12 rings (SSSR count).